The van der Waals surface area contributed by atoms with E-state index in [1.165, 1.54) is 0 Å². The van der Waals surface area contributed by atoms with Gasteiger partial charge in [-0.3, -0.25) is 14.4 Å². The van der Waals surface area contributed by atoms with Gasteiger partial charge in [-0.1, -0.05) is 6.92 Å². The number of rotatable bonds is 7. The topological polar surface area (TPSA) is 69.7 Å². The fraction of sp³-hybridized carbons (Fsp3) is 0.750. The minimum atomic E-state index is -5.06. The molecule has 0 aromatic rings. The number of esters is 2. The second-order valence-electron chi connectivity index (χ2n) is 4.69. The highest BCUT2D eigenvalue weighted by molar-refractivity contribution is 5.98. The number of carbonyl (C=O) groups is 3. The maximum atomic E-state index is 11.8. The molecule has 0 aromatic heterocycles. The summed E-state index contributed by atoms with van der Waals surface area (Å²) in [6.45, 7) is 4.47. The number of ether oxygens (including phenoxy) is 2. The summed E-state index contributed by atoms with van der Waals surface area (Å²) in [5.74, 6) is -3.98. The normalized spacial score (nSPS) is 11.9. The molecule has 0 aliphatic rings. The Bertz CT molecular complexity index is 374. The van der Waals surface area contributed by atoms with E-state index in [1.54, 1.807) is 20.8 Å². The van der Waals surface area contributed by atoms with E-state index in [9.17, 15) is 27.6 Å². The summed E-state index contributed by atoms with van der Waals surface area (Å²) in [5, 5.41) is 0. The number of carbonyl (C=O) groups excluding carboxylic acids is 3. The van der Waals surface area contributed by atoms with Crippen LogP contribution >= 0.6 is 0 Å². The van der Waals surface area contributed by atoms with E-state index in [0.29, 0.717) is 6.42 Å². The number of alkyl halides is 3. The molecule has 0 aliphatic heterocycles. The summed E-state index contributed by atoms with van der Waals surface area (Å²) in [7, 11) is 0. The molecule has 0 amide bonds. The van der Waals surface area contributed by atoms with Gasteiger partial charge in [0.05, 0.1) is 5.41 Å². The van der Waals surface area contributed by atoms with Gasteiger partial charge in [-0.25, -0.2) is 0 Å². The SMILES string of the molecule is CCC(C)(C)C(=O)OCCOC(=O)CC(=O)C(F)(F)F. The van der Waals surface area contributed by atoms with E-state index >= 15 is 0 Å². The third kappa shape index (κ3) is 6.53. The van der Waals surface area contributed by atoms with Crippen molar-refractivity contribution in [2.24, 2.45) is 5.41 Å². The molecular formula is C12H17F3O5. The molecule has 0 unspecified atom stereocenters. The Labute approximate surface area is 114 Å². The smallest absolute Gasteiger partial charge is 0.450 e. The van der Waals surface area contributed by atoms with Gasteiger partial charge in [-0.15, -0.1) is 0 Å². The van der Waals surface area contributed by atoms with E-state index in [0.717, 1.165) is 0 Å². The Morgan fingerprint density at radius 2 is 1.50 bits per heavy atom. The van der Waals surface area contributed by atoms with Crippen molar-refractivity contribution in [1.82, 2.24) is 0 Å². The molecule has 0 aliphatic carbocycles. The van der Waals surface area contributed by atoms with E-state index in [-0.39, 0.29) is 6.61 Å². The maximum Gasteiger partial charge on any atom is 0.450 e. The Kier molecular flexibility index (Phi) is 6.67. The highest BCUT2D eigenvalue weighted by Crippen LogP contribution is 2.21. The third-order valence-corrected chi connectivity index (χ3v) is 2.64. The van der Waals surface area contributed by atoms with Gasteiger partial charge in [-0.05, 0) is 20.3 Å². The Morgan fingerprint density at radius 3 is 1.95 bits per heavy atom. The summed E-state index contributed by atoms with van der Waals surface area (Å²) in [6, 6.07) is 0. The van der Waals surface area contributed by atoms with Crippen LogP contribution in [0.2, 0.25) is 0 Å². The summed E-state index contributed by atoms with van der Waals surface area (Å²) in [5.41, 5.74) is -0.684. The van der Waals surface area contributed by atoms with Crippen LogP contribution in [0.5, 0.6) is 0 Å². The van der Waals surface area contributed by atoms with Crippen molar-refractivity contribution in [3.63, 3.8) is 0 Å². The largest absolute Gasteiger partial charge is 0.462 e. The number of hydrogen-bond donors (Lipinski definition) is 0. The van der Waals surface area contributed by atoms with Gasteiger partial charge >= 0.3 is 18.1 Å². The van der Waals surface area contributed by atoms with Gasteiger partial charge in [0.15, 0.2) is 0 Å². The van der Waals surface area contributed by atoms with Crippen molar-refractivity contribution in [3.05, 3.63) is 0 Å². The van der Waals surface area contributed by atoms with Crippen molar-refractivity contribution in [1.29, 1.82) is 0 Å². The number of ketones is 1. The highest BCUT2D eigenvalue weighted by Gasteiger charge is 2.39. The summed E-state index contributed by atoms with van der Waals surface area (Å²) < 4.78 is 44.7. The van der Waals surface area contributed by atoms with Crippen LogP contribution in [0.25, 0.3) is 0 Å². The van der Waals surface area contributed by atoms with Crippen LogP contribution in [-0.2, 0) is 23.9 Å². The molecule has 0 spiro atoms. The van der Waals surface area contributed by atoms with Gasteiger partial charge in [0.2, 0.25) is 5.78 Å². The molecule has 5 nitrogen and oxygen atoms in total. The van der Waals surface area contributed by atoms with Gasteiger partial charge in [0, 0.05) is 0 Å². The minimum absolute atomic E-state index is 0.270. The Balaban J connectivity index is 3.95. The molecule has 0 aromatic carbocycles. The molecule has 0 bridgehead atoms. The molecular weight excluding hydrogens is 281 g/mol. The first kappa shape index (κ1) is 18.4. The van der Waals surface area contributed by atoms with E-state index in [1.807, 2.05) is 0 Å². The highest BCUT2D eigenvalue weighted by atomic mass is 19.4. The first-order valence-electron chi connectivity index (χ1n) is 5.93. The summed E-state index contributed by atoms with van der Waals surface area (Å²) >= 11 is 0. The lowest BCUT2D eigenvalue weighted by atomic mass is 9.91. The average molecular weight is 298 g/mol. The molecule has 0 fully saturated rings. The molecule has 20 heavy (non-hydrogen) atoms. The predicted molar refractivity (Wildman–Crippen MR) is 61.7 cm³/mol. The predicted octanol–water partition coefficient (Wildman–Crippen LogP) is 2.03. The lowest BCUT2D eigenvalue weighted by Crippen LogP contribution is -2.28. The summed E-state index contributed by atoms with van der Waals surface area (Å²) in [4.78, 5) is 32.9. The lowest BCUT2D eigenvalue weighted by Gasteiger charge is -2.20. The van der Waals surface area contributed by atoms with Crippen LogP contribution in [-0.4, -0.2) is 37.1 Å². The Morgan fingerprint density at radius 1 is 1.00 bits per heavy atom. The molecule has 0 atom stereocenters. The molecule has 0 N–H and O–H groups in total. The van der Waals surface area contributed by atoms with E-state index in [2.05, 4.69) is 4.74 Å². The van der Waals surface area contributed by atoms with Crippen LogP contribution in [0, 0.1) is 5.41 Å². The number of Topliss-reactive ketones (excluding diaryl/α,β-unsaturated/α-hetero) is 1. The molecule has 8 heteroatoms. The molecule has 0 rings (SSSR count). The zero-order valence-corrected chi connectivity index (χ0v) is 11.5. The molecule has 0 saturated heterocycles. The molecule has 0 saturated carbocycles. The standard InChI is InChI=1S/C12H17F3O5/c1-4-11(2,3)10(18)20-6-5-19-9(17)7-8(16)12(13,14)15/h4-7H2,1-3H3. The van der Waals surface area contributed by atoms with Crippen LogP contribution < -0.4 is 0 Å². The van der Waals surface area contributed by atoms with Gasteiger partial charge in [0.1, 0.15) is 19.6 Å². The van der Waals surface area contributed by atoms with Crippen molar-refractivity contribution in [2.75, 3.05) is 13.2 Å². The fourth-order valence-electron chi connectivity index (χ4n) is 0.912. The third-order valence-electron chi connectivity index (χ3n) is 2.64. The zero-order chi connectivity index (χ0) is 16.0. The van der Waals surface area contributed by atoms with E-state index < -0.39 is 42.3 Å². The fourth-order valence-corrected chi connectivity index (χ4v) is 0.912. The first-order chi connectivity index (χ1) is 9.00. The second-order valence-corrected chi connectivity index (χ2v) is 4.69. The molecule has 0 heterocycles. The van der Waals surface area contributed by atoms with Crippen molar-refractivity contribution < 1.29 is 37.0 Å². The van der Waals surface area contributed by atoms with Crippen LogP contribution in [0.4, 0.5) is 13.2 Å². The molecule has 0 radical (unpaired) electrons. The minimum Gasteiger partial charge on any atom is -0.462 e. The van der Waals surface area contributed by atoms with Gasteiger partial charge in [-0.2, -0.15) is 13.2 Å². The van der Waals surface area contributed by atoms with Crippen molar-refractivity contribution >= 4 is 17.7 Å². The van der Waals surface area contributed by atoms with Crippen LogP contribution in [0.1, 0.15) is 33.6 Å². The summed E-state index contributed by atoms with van der Waals surface area (Å²) in [6.07, 6.45) is -5.89. The van der Waals surface area contributed by atoms with Gasteiger partial charge < -0.3 is 9.47 Å². The lowest BCUT2D eigenvalue weighted by molar-refractivity contribution is -0.175. The van der Waals surface area contributed by atoms with Crippen LogP contribution in [0.15, 0.2) is 0 Å². The van der Waals surface area contributed by atoms with Crippen molar-refractivity contribution in [3.8, 4) is 0 Å². The quantitative estimate of drug-likeness (QED) is 0.408. The number of halogens is 3. The van der Waals surface area contributed by atoms with E-state index in [4.69, 9.17) is 4.74 Å². The second kappa shape index (κ2) is 7.25. The van der Waals surface area contributed by atoms with Crippen molar-refractivity contribution in [2.45, 2.75) is 39.8 Å². The van der Waals surface area contributed by atoms with Gasteiger partial charge in [0.25, 0.3) is 0 Å². The van der Waals surface area contributed by atoms with Crippen LogP contribution in [0.3, 0.4) is 0 Å². The zero-order valence-electron chi connectivity index (χ0n) is 11.5. The number of hydrogen-bond acceptors (Lipinski definition) is 5. The first-order valence-corrected chi connectivity index (χ1v) is 5.93. The average Bonchev–Trinajstić information content (AvgIpc) is 2.32. The maximum absolute atomic E-state index is 11.8. The molecule has 116 valence electrons. The Hall–Kier alpha value is -1.60. The monoisotopic (exact) mass is 298 g/mol.